The Morgan fingerprint density at radius 2 is 2.15 bits per heavy atom. The Kier molecular flexibility index (Phi) is 4.32. The van der Waals surface area contributed by atoms with Crippen molar-refractivity contribution >= 4 is 5.91 Å². The van der Waals surface area contributed by atoms with Crippen LogP contribution >= 0.6 is 0 Å². The molecule has 4 rings (SSSR count). The zero-order chi connectivity index (χ0) is 18.1. The first-order valence-corrected chi connectivity index (χ1v) is 8.72. The first-order valence-electron chi connectivity index (χ1n) is 8.72. The average Bonchev–Trinajstić information content (AvgIpc) is 3.35. The Morgan fingerprint density at radius 1 is 1.27 bits per heavy atom. The molecule has 5 nitrogen and oxygen atoms in total. The SMILES string of the molecule is Cn1nc(CN(Cc2ccco2)C(=O)c2cccc(F)c2)c2c1CCC2. The lowest BCUT2D eigenvalue weighted by Gasteiger charge is -2.21. The summed E-state index contributed by atoms with van der Waals surface area (Å²) in [6.07, 6.45) is 4.71. The monoisotopic (exact) mass is 353 g/mol. The smallest absolute Gasteiger partial charge is 0.254 e. The molecule has 0 N–H and O–H groups in total. The van der Waals surface area contributed by atoms with Crippen LogP contribution in [0.3, 0.4) is 0 Å². The zero-order valence-electron chi connectivity index (χ0n) is 14.6. The van der Waals surface area contributed by atoms with Crippen LogP contribution in [0.2, 0.25) is 0 Å². The number of fused-ring (bicyclic) bond motifs is 1. The van der Waals surface area contributed by atoms with E-state index in [9.17, 15) is 9.18 Å². The molecule has 0 spiro atoms. The highest BCUT2D eigenvalue weighted by Gasteiger charge is 2.25. The van der Waals surface area contributed by atoms with Crippen LogP contribution in [0, 0.1) is 5.82 Å². The Balaban J connectivity index is 1.65. The second kappa shape index (κ2) is 6.78. The maximum absolute atomic E-state index is 13.6. The van der Waals surface area contributed by atoms with Crippen molar-refractivity contribution in [2.75, 3.05) is 0 Å². The van der Waals surface area contributed by atoms with Crippen LogP contribution in [-0.2, 0) is 33.0 Å². The minimum Gasteiger partial charge on any atom is -0.467 e. The van der Waals surface area contributed by atoms with E-state index >= 15 is 0 Å². The van der Waals surface area contributed by atoms with Gasteiger partial charge in [-0.05, 0) is 55.2 Å². The van der Waals surface area contributed by atoms with Crippen LogP contribution in [0.15, 0.2) is 47.1 Å². The summed E-state index contributed by atoms with van der Waals surface area (Å²) >= 11 is 0. The molecule has 0 saturated carbocycles. The van der Waals surface area contributed by atoms with E-state index in [0.717, 1.165) is 25.0 Å². The zero-order valence-corrected chi connectivity index (χ0v) is 14.6. The molecule has 134 valence electrons. The number of nitrogens with zero attached hydrogens (tertiary/aromatic N) is 3. The molecule has 1 aliphatic carbocycles. The number of furan rings is 1. The molecule has 26 heavy (non-hydrogen) atoms. The van der Waals surface area contributed by atoms with Crippen molar-refractivity contribution in [2.45, 2.75) is 32.4 Å². The van der Waals surface area contributed by atoms with E-state index in [1.165, 1.54) is 23.4 Å². The molecule has 2 aromatic heterocycles. The van der Waals surface area contributed by atoms with Gasteiger partial charge in [0.15, 0.2) is 0 Å². The number of carbonyl (C=O) groups is 1. The second-order valence-corrected chi connectivity index (χ2v) is 6.60. The number of amides is 1. The third-order valence-electron chi connectivity index (χ3n) is 4.82. The van der Waals surface area contributed by atoms with Gasteiger partial charge in [-0.15, -0.1) is 0 Å². The molecule has 3 aromatic rings. The van der Waals surface area contributed by atoms with Gasteiger partial charge < -0.3 is 9.32 Å². The third kappa shape index (κ3) is 3.14. The van der Waals surface area contributed by atoms with Crippen LogP contribution < -0.4 is 0 Å². The summed E-state index contributed by atoms with van der Waals surface area (Å²) in [6, 6.07) is 9.39. The minimum absolute atomic E-state index is 0.238. The number of carbonyl (C=O) groups excluding carboxylic acids is 1. The first-order chi connectivity index (χ1) is 12.6. The predicted octanol–water partition coefficient (Wildman–Crippen LogP) is 3.48. The van der Waals surface area contributed by atoms with Gasteiger partial charge in [-0.1, -0.05) is 6.07 Å². The Hall–Kier alpha value is -2.89. The van der Waals surface area contributed by atoms with Gasteiger partial charge in [-0.25, -0.2) is 4.39 Å². The van der Waals surface area contributed by atoms with Crippen molar-refractivity contribution in [2.24, 2.45) is 7.05 Å². The van der Waals surface area contributed by atoms with Gasteiger partial charge in [0.2, 0.25) is 0 Å². The molecule has 2 heterocycles. The molecule has 0 atom stereocenters. The Morgan fingerprint density at radius 3 is 2.92 bits per heavy atom. The molecule has 0 aliphatic heterocycles. The number of halogens is 1. The van der Waals surface area contributed by atoms with E-state index in [1.54, 1.807) is 29.4 Å². The molecule has 0 radical (unpaired) electrons. The molecular formula is C20H20FN3O2. The van der Waals surface area contributed by atoms with Gasteiger partial charge >= 0.3 is 0 Å². The van der Waals surface area contributed by atoms with E-state index in [1.807, 2.05) is 17.8 Å². The second-order valence-electron chi connectivity index (χ2n) is 6.60. The Bertz CT molecular complexity index is 931. The fourth-order valence-corrected chi connectivity index (χ4v) is 3.60. The molecule has 1 aliphatic rings. The highest BCUT2D eigenvalue weighted by molar-refractivity contribution is 5.94. The van der Waals surface area contributed by atoms with Gasteiger partial charge in [0, 0.05) is 18.3 Å². The fraction of sp³-hybridized carbons (Fsp3) is 0.300. The quantitative estimate of drug-likeness (QED) is 0.706. The van der Waals surface area contributed by atoms with Crippen molar-refractivity contribution in [3.05, 3.63) is 76.8 Å². The fourth-order valence-electron chi connectivity index (χ4n) is 3.60. The maximum atomic E-state index is 13.6. The lowest BCUT2D eigenvalue weighted by atomic mass is 10.1. The summed E-state index contributed by atoms with van der Waals surface area (Å²) in [5.74, 6) is 0.0214. The minimum atomic E-state index is -0.424. The largest absolute Gasteiger partial charge is 0.467 e. The van der Waals surface area contributed by atoms with Crippen molar-refractivity contribution in [3.63, 3.8) is 0 Å². The number of rotatable bonds is 5. The van der Waals surface area contributed by atoms with Crippen LogP contribution in [0.25, 0.3) is 0 Å². The summed E-state index contributed by atoms with van der Waals surface area (Å²) in [7, 11) is 1.94. The van der Waals surface area contributed by atoms with E-state index in [4.69, 9.17) is 4.42 Å². The molecule has 1 aromatic carbocycles. The number of hydrogen-bond acceptors (Lipinski definition) is 3. The maximum Gasteiger partial charge on any atom is 0.254 e. The number of aryl methyl sites for hydroxylation is 1. The highest BCUT2D eigenvalue weighted by atomic mass is 19.1. The van der Waals surface area contributed by atoms with Crippen LogP contribution in [0.5, 0.6) is 0 Å². The molecule has 0 saturated heterocycles. The van der Waals surface area contributed by atoms with E-state index in [-0.39, 0.29) is 5.91 Å². The van der Waals surface area contributed by atoms with Gasteiger partial charge in [-0.3, -0.25) is 9.48 Å². The average molecular weight is 353 g/mol. The van der Waals surface area contributed by atoms with E-state index < -0.39 is 5.82 Å². The van der Waals surface area contributed by atoms with Crippen LogP contribution in [0.1, 0.15) is 39.5 Å². The number of aromatic nitrogens is 2. The van der Waals surface area contributed by atoms with Crippen molar-refractivity contribution in [3.8, 4) is 0 Å². The van der Waals surface area contributed by atoms with Crippen LogP contribution in [0.4, 0.5) is 4.39 Å². The summed E-state index contributed by atoms with van der Waals surface area (Å²) in [5.41, 5.74) is 3.72. The molecule has 0 bridgehead atoms. The normalized spacial score (nSPS) is 13.0. The van der Waals surface area contributed by atoms with Crippen molar-refractivity contribution in [1.82, 2.24) is 14.7 Å². The summed E-state index contributed by atoms with van der Waals surface area (Å²) < 4.78 is 20.9. The standard InChI is InChI=1S/C20H20FN3O2/c1-23-19-9-3-8-17(19)18(22-23)13-24(12-16-7-4-10-26-16)20(25)14-5-2-6-15(21)11-14/h2,4-7,10-11H,3,8-9,12-13H2,1H3. The topological polar surface area (TPSA) is 51.3 Å². The van der Waals surface area contributed by atoms with E-state index in [2.05, 4.69) is 5.10 Å². The number of hydrogen-bond donors (Lipinski definition) is 0. The number of benzene rings is 1. The summed E-state index contributed by atoms with van der Waals surface area (Å²) in [6.45, 7) is 0.687. The molecule has 0 fully saturated rings. The highest BCUT2D eigenvalue weighted by Crippen LogP contribution is 2.26. The molecule has 0 unspecified atom stereocenters. The van der Waals surface area contributed by atoms with Gasteiger partial charge in [-0.2, -0.15) is 5.10 Å². The molecular weight excluding hydrogens is 333 g/mol. The van der Waals surface area contributed by atoms with Gasteiger partial charge in [0.05, 0.1) is 25.0 Å². The van der Waals surface area contributed by atoms with Crippen molar-refractivity contribution < 1.29 is 13.6 Å². The van der Waals surface area contributed by atoms with Crippen LogP contribution in [-0.4, -0.2) is 20.6 Å². The van der Waals surface area contributed by atoms with Gasteiger partial charge in [0.1, 0.15) is 11.6 Å². The first kappa shape index (κ1) is 16.6. The Labute approximate surface area is 151 Å². The lowest BCUT2D eigenvalue weighted by molar-refractivity contribution is 0.0714. The van der Waals surface area contributed by atoms with Crippen molar-refractivity contribution in [1.29, 1.82) is 0 Å². The van der Waals surface area contributed by atoms with E-state index in [0.29, 0.717) is 24.4 Å². The molecule has 1 amide bonds. The van der Waals surface area contributed by atoms with Gasteiger partial charge in [0.25, 0.3) is 5.91 Å². The summed E-state index contributed by atoms with van der Waals surface area (Å²) in [4.78, 5) is 14.7. The molecule has 6 heteroatoms. The third-order valence-corrected chi connectivity index (χ3v) is 4.82. The summed E-state index contributed by atoms with van der Waals surface area (Å²) in [5, 5.41) is 4.61. The lowest BCUT2D eigenvalue weighted by Crippen LogP contribution is -2.30. The predicted molar refractivity (Wildman–Crippen MR) is 93.9 cm³/mol.